The molecule has 3 amide bonds. The molecule has 7 heteroatoms. The predicted octanol–water partition coefficient (Wildman–Crippen LogP) is 3.28. The summed E-state index contributed by atoms with van der Waals surface area (Å²) in [6.07, 6.45) is -0.0654. The zero-order chi connectivity index (χ0) is 22.1. The first-order valence-electron chi connectivity index (χ1n) is 9.66. The molecular formula is C23H26N2O5. The Morgan fingerprint density at radius 2 is 1.63 bits per heavy atom. The second kappa shape index (κ2) is 8.18. The van der Waals surface area contributed by atoms with Crippen LogP contribution in [0.4, 0.5) is 5.69 Å². The van der Waals surface area contributed by atoms with Crippen molar-refractivity contribution in [3.63, 3.8) is 0 Å². The van der Waals surface area contributed by atoms with Crippen LogP contribution in [0, 0.1) is 0 Å². The quantitative estimate of drug-likeness (QED) is 0.707. The van der Waals surface area contributed by atoms with Crippen molar-refractivity contribution in [2.45, 2.75) is 38.8 Å². The highest BCUT2D eigenvalue weighted by atomic mass is 16.5. The molecule has 7 nitrogen and oxygen atoms in total. The van der Waals surface area contributed by atoms with Gasteiger partial charge in [-0.05, 0) is 51.1 Å². The van der Waals surface area contributed by atoms with Crippen molar-refractivity contribution in [3.8, 4) is 11.5 Å². The van der Waals surface area contributed by atoms with Gasteiger partial charge in [0.15, 0.2) is 11.5 Å². The normalized spacial score (nSPS) is 16.6. The molecule has 1 fully saturated rings. The summed E-state index contributed by atoms with van der Waals surface area (Å²) >= 11 is 0. The molecule has 3 rings (SSSR count). The molecule has 1 saturated heterocycles. The third-order valence-electron chi connectivity index (χ3n) is 5.02. The van der Waals surface area contributed by atoms with E-state index in [4.69, 9.17) is 9.47 Å². The first kappa shape index (κ1) is 21.4. The van der Waals surface area contributed by atoms with Gasteiger partial charge in [0.1, 0.15) is 6.04 Å². The Kier molecular flexibility index (Phi) is 5.82. The second-order valence-electron chi connectivity index (χ2n) is 8.04. The third-order valence-corrected chi connectivity index (χ3v) is 5.02. The van der Waals surface area contributed by atoms with Crippen molar-refractivity contribution < 1.29 is 23.9 Å². The maximum atomic E-state index is 13.5. The molecule has 0 spiro atoms. The zero-order valence-corrected chi connectivity index (χ0v) is 17.8. The summed E-state index contributed by atoms with van der Waals surface area (Å²) in [6, 6.07) is 12.7. The SMILES string of the molecule is COc1ccc(C(=O)N(C2CC(=O)N(c3ccccc3)C2=O)C(C)(C)C)cc1OC. The van der Waals surface area contributed by atoms with Gasteiger partial charge in [-0.1, -0.05) is 18.2 Å². The number of nitrogens with zero attached hydrogens (tertiary/aromatic N) is 2. The van der Waals surface area contributed by atoms with Crippen molar-refractivity contribution in [3.05, 3.63) is 54.1 Å². The third kappa shape index (κ3) is 3.87. The molecule has 2 aromatic rings. The highest BCUT2D eigenvalue weighted by molar-refractivity contribution is 6.23. The largest absolute Gasteiger partial charge is 0.493 e. The molecule has 1 heterocycles. The first-order chi connectivity index (χ1) is 14.2. The molecule has 0 aliphatic carbocycles. The number of carbonyl (C=O) groups is 3. The summed E-state index contributed by atoms with van der Waals surface area (Å²) in [5, 5.41) is 0. The van der Waals surface area contributed by atoms with Crippen LogP contribution in [-0.2, 0) is 9.59 Å². The zero-order valence-electron chi connectivity index (χ0n) is 17.8. The van der Waals surface area contributed by atoms with E-state index in [1.54, 1.807) is 42.5 Å². The lowest BCUT2D eigenvalue weighted by atomic mass is 9.99. The van der Waals surface area contributed by atoms with Gasteiger partial charge < -0.3 is 14.4 Å². The number of anilines is 1. The van der Waals surface area contributed by atoms with Crippen LogP contribution in [0.2, 0.25) is 0 Å². The Morgan fingerprint density at radius 1 is 1.00 bits per heavy atom. The average molecular weight is 410 g/mol. The van der Waals surface area contributed by atoms with Gasteiger partial charge in [0.2, 0.25) is 5.91 Å². The molecule has 0 aromatic heterocycles. The van der Waals surface area contributed by atoms with Gasteiger partial charge in [0.25, 0.3) is 11.8 Å². The summed E-state index contributed by atoms with van der Waals surface area (Å²) in [7, 11) is 3.01. The van der Waals surface area contributed by atoms with Gasteiger partial charge in [-0.25, -0.2) is 4.90 Å². The number of hydrogen-bond acceptors (Lipinski definition) is 5. The van der Waals surface area contributed by atoms with Crippen LogP contribution in [0.1, 0.15) is 37.6 Å². The Hall–Kier alpha value is -3.35. The van der Waals surface area contributed by atoms with E-state index in [2.05, 4.69) is 0 Å². The van der Waals surface area contributed by atoms with Gasteiger partial charge in [0.05, 0.1) is 26.3 Å². The van der Waals surface area contributed by atoms with E-state index >= 15 is 0 Å². The van der Waals surface area contributed by atoms with Gasteiger partial charge in [-0.2, -0.15) is 0 Å². The molecule has 2 aromatic carbocycles. The summed E-state index contributed by atoms with van der Waals surface area (Å²) in [4.78, 5) is 42.1. The number of para-hydroxylation sites is 1. The lowest BCUT2D eigenvalue weighted by Crippen LogP contribution is -2.54. The van der Waals surface area contributed by atoms with E-state index in [1.165, 1.54) is 19.1 Å². The average Bonchev–Trinajstić information content (AvgIpc) is 3.00. The lowest BCUT2D eigenvalue weighted by molar-refractivity contribution is -0.123. The van der Waals surface area contributed by atoms with Crippen LogP contribution in [-0.4, -0.2) is 48.4 Å². The second-order valence-corrected chi connectivity index (χ2v) is 8.04. The molecule has 1 unspecified atom stereocenters. The number of hydrogen-bond donors (Lipinski definition) is 0. The minimum atomic E-state index is -0.890. The highest BCUT2D eigenvalue weighted by Crippen LogP contribution is 2.33. The van der Waals surface area contributed by atoms with Gasteiger partial charge in [-0.15, -0.1) is 0 Å². The molecule has 158 valence electrons. The number of imide groups is 1. The van der Waals surface area contributed by atoms with E-state index in [0.717, 1.165) is 4.90 Å². The molecule has 0 N–H and O–H groups in total. The van der Waals surface area contributed by atoms with E-state index < -0.39 is 17.5 Å². The van der Waals surface area contributed by atoms with Crippen LogP contribution in [0.5, 0.6) is 11.5 Å². The van der Waals surface area contributed by atoms with Crippen LogP contribution >= 0.6 is 0 Å². The van der Waals surface area contributed by atoms with Crippen LogP contribution in [0.25, 0.3) is 0 Å². The number of carbonyl (C=O) groups excluding carboxylic acids is 3. The maximum Gasteiger partial charge on any atom is 0.257 e. The molecule has 1 aliphatic rings. The Labute approximate surface area is 176 Å². The maximum absolute atomic E-state index is 13.5. The molecule has 0 bridgehead atoms. The van der Waals surface area contributed by atoms with Crippen molar-refractivity contribution in [2.24, 2.45) is 0 Å². The Balaban J connectivity index is 1.99. The first-order valence-corrected chi connectivity index (χ1v) is 9.66. The summed E-state index contributed by atoms with van der Waals surface area (Å²) in [5.74, 6) is -0.180. The Morgan fingerprint density at radius 3 is 2.20 bits per heavy atom. The van der Waals surface area contributed by atoms with Crippen LogP contribution < -0.4 is 14.4 Å². The van der Waals surface area contributed by atoms with Crippen LogP contribution in [0.15, 0.2) is 48.5 Å². The number of amides is 3. The number of ether oxygens (including phenoxy) is 2. The van der Waals surface area contributed by atoms with Crippen molar-refractivity contribution in [2.75, 3.05) is 19.1 Å². The van der Waals surface area contributed by atoms with Crippen molar-refractivity contribution >= 4 is 23.4 Å². The van der Waals surface area contributed by atoms with E-state index in [-0.39, 0.29) is 18.2 Å². The smallest absolute Gasteiger partial charge is 0.257 e. The molecule has 1 atom stereocenters. The van der Waals surface area contributed by atoms with E-state index in [9.17, 15) is 14.4 Å². The molecule has 1 aliphatic heterocycles. The monoisotopic (exact) mass is 410 g/mol. The fourth-order valence-electron chi connectivity index (χ4n) is 3.69. The highest BCUT2D eigenvalue weighted by Gasteiger charge is 2.47. The number of methoxy groups -OCH3 is 2. The van der Waals surface area contributed by atoms with Crippen molar-refractivity contribution in [1.82, 2.24) is 4.90 Å². The van der Waals surface area contributed by atoms with Gasteiger partial charge >= 0.3 is 0 Å². The van der Waals surface area contributed by atoms with Gasteiger partial charge in [-0.3, -0.25) is 14.4 Å². The topological polar surface area (TPSA) is 76.2 Å². The molecule has 0 saturated carbocycles. The summed E-state index contributed by atoms with van der Waals surface area (Å²) in [6.45, 7) is 5.53. The van der Waals surface area contributed by atoms with E-state index in [1.807, 2.05) is 26.8 Å². The molecule has 0 radical (unpaired) electrons. The number of rotatable bonds is 5. The minimum Gasteiger partial charge on any atom is -0.493 e. The summed E-state index contributed by atoms with van der Waals surface area (Å²) < 4.78 is 10.5. The predicted molar refractivity (Wildman–Crippen MR) is 113 cm³/mol. The lowest BCUT2D eigenvalue weighted by Gasteiger charge is -2.39. The molecular weight excluding hydrogens is 384 g/mol. The van der Waals surface area contributed by atoms with Crippen molar-refractivity contribution in [1.29, 1.82) is 0 Å². The summed E-state index contributed by atoms with van der Waals surface area (Å²) in [5.41, 5.74) is 0.154. The Bertz CT molecular complexity index is 965. The molecule has 30 heavy (non-hydrogen) atoms. The standard InChI is InChI=1S/C23H26N2O5/c1-23(2,3)25(21(27)15-11-12-18(29-4)19(13-15)30-5)17-14-20(26)24(22(17)28)16-9-7-6-8-10-16/h6-13,17H,14H2,1-5H3. The number of benzene rings is 2. The minimum absolute atomic E-state index is 0.0654. The fraction of sp³-hybridized carbons (Fsp3) is 0.348. The van der Waals surface area contributed by atoms with E-state index in [0.29, 0.717) is 22.7 Å². The van der Waals surface area contributed by atoms with Crippen LogP contribution in [0.3, 0.4) is 0 Å². The fourth-order valence-corrected chi connectivity index (χ4v) is 3.69. The van der Waals surface area contributed by atoms with Gasteiger partial charge in [0, 0.05) is 11.1 Å².